The molecule has 148 valence electrons. The van der Waals surface area contributed by atoms with Gasteiger partial charge in [0.1, 0.15) is 0 Å². The van der Waals surface area contributed by atoms with Crippen LogP contribution < -0.4 is 5.43 Å². The van der Waals surface area contributed by atoms with Crippen molar-refractivity contribution in [2.24, 2.45) is 0 Å². The zero-order valence-corrected chi connectivity index (χ0v) is 16.5. The zero-order chi connectivity index (χ0) is 20.5. The van der Waals surface area contributed by atoms with Gasteiger partial charge in [0.25, 0.3) is 0 Å². The molecule has 6 heteroatoms. The van der Waals surface area contributed by atoms with Gasteiger partial charge in [-0.1, -0.05) is 38.3 Å². The molecule has 0 saturated heterocycles. The molecule has 0 atom stereocenters. The van der Waals surface area contributed by atoms with Crippen LogP contribution in [0.3, 0.4) is 0 Å². The van der Waals surface area contributed by atoms with Crippen molar-refractivity contribution in [3.05, 3.63) is 74.5 Å². The summed E-state index contributed by atoms with van der Waals surface area (Å²) < 4.78 is 40.8. The molecule has 0 unspecified atom stereocenters. The van der Waals surface area contributed by atoms with Gasteiger partial charge in [-0.2, -0.15) is 13.2 Å². The number of alkyl halides is 3. The summed E-state index contributed by atoms with van der Waals surface area (Å²) in [6, 6.07) is 10.1. The molecule has 28 heavy (non-hydrogen) atoms. The molecule has 0 fully saturated rings. The summed E-state index contributed by atoms with van der Waals surface area (Å²) in [7, 11) is 0. The minimum absolute atomic E-state index is 0.0277. The zero-order valence-electron chi connectivity index (χ0n) is 15.7. The van der Waals surface area contributed by atoms with Gasteiger partial charge in [-0.25, -0.2) is 0 Å². The Balaban J connectivity index is 2.38. The summed E-state index contributed by atoms with van der Waals surface area (Å²) in [5.41, 5.74) is 2.02. The van der Waals surface area contributed by atoms with Crippen molar-refractivity contribution in [3.63, 3.8) is 0 Å². The van der Waals surface area contributed by atoms with Crippen LogP contribution >= 0.6 is 11.6 Å². The minimum atomic E-state index is -4.40. The Morgan fingerprint density at radius 2 is 1.61 bits per heavy atom. The van der Waals surface area contributed by atoms with E-state index in [2.05, 4.69) is 0 Å². The summed E-state index contributed by atoms with van der Waals surface area (Å²) in [5.74, 6) is 0. The third-order valence-corrected chi connectivity index (χ3v) is 5.01. The van der Waals surface area contributed by atoms with Crippen LogP contribution in [0.25, 0.3) is 16.6 Å². The molecule has 0 amide bonds. The fourth-order valence-electron chi connectivity index (χ4n) is 3.56. The standard InChI is InChI=1S/C22H21ClF3NO/c1-3-5-17-19(6-4-2)27(16-10-7-14(8-11-16)22(24,25)26)20-13-15(23)9-12-18(20)21(17)28/h7-13H,3-6H2,1-2H3. The molecular formula is C22H21ClF3NO. The van der Waals surface area contributed by atoms with Gasteiger partial charge < -0.3 is 4.57 Å². The SMILES string of the molecule is CCCc1c(CCC)n(-c2ccc(C(F)(F)F)cc2)c2cc(Cl)ccc2c1=O. The lowest BCUT2D eigenvalue weighted by atomic mass is 10.00. The van der Waals surface area contributed by atoms with Crippen molar-refractivity contribution in [2.75, 3.05) is 0 Å². The van der Waals surface area contributed by atoms with Crippen molar-refractivity contribution >= 4 is 22.5 Å². The maximum absolute atomic E-state index is 13.1. The molecule has 0 N–H and O–H groups in total. The first-order valence-electron chi connectivity index (χ1n) is 9.31. The van der Waals surface area contributed by atoms with Gasteiger partial charge in [-0.3, -0.25) is 4.79 Å². The van der Waals surface area contributed by atoms with Gasteiger partial charge in [0.2, 0.25) is 0 Å². The van der Waals surface area contributed by atoms with Crippen molar-refractivity contribution in [1.82, 2.24) is 4.57 Å². The molecule has 0 aliphatic rings. The maximum Gasteiger partial charge on any atom is 0.416 e. The number of rotatable bonds is 5. The maximum atomic E-state index is 13.1. The average molecular weight is 408 g/mol. The van der Waals surface area contributed by atoms with Crippen LogP contribution in [-0.2, 0) is 19.0 Å². The monoisotopic (exact) mass is 407 g/mol. The number of benzene rings is 2. The molecule has 0 saturated carbocycles. The van der Waals surface area contributed by atoms with Crippen LogP contribution in [-0.4, -0.2) is 4.57 Å². The number of hydrogen-bond donors (Lipinski definition) is 0. The molecule has 0 aliphatic carbocycles. The van der Waals surface area contributed by atoms with E-state index in [1.54, 1.807) is 18.2 Å². The highest BCUT2D eigenvalue weighted by Crippen LogP contribution is 2.31. The van der Waals surface area contributed by atoms with E-state index < -0.39 is 11.7 Å². The number of hydrogen-bond acceptors (Lipinski definition) is 1. The Hall–Kier alpha value is -2.27. The fourth-order valence-corrected chi connectivity index (χ4v) is 3.72. The summed E-state index contributed by atoms with van der Waals surface area (Å²) in [6.07, 6.45) is -1.52. The first-order valence-corrected chi connectivity index (χ1v) is 9.69. The van der Waals surface area contributed by atoms with E-state index in [4.69, 9.17) is 11.6 Å². The highest BCUT2D eigenvalue weighted by molar-refractivity contribution is 6.31. The van der Waals surface area contributed by atoms with E-state index in [9.17, 15) is 18.0 Å². The van der Waals surface area contributed by atoms with Crippen molar-refractivity contribution < 1.29 is 13.2 Å². The van der Waals surface area contributed by atoms with Crippen LogP contribution in [0.4, 0.5) is 13.2 Å². The van der Waals surface area contributed by atoms with Crippen molar-refractivity contribution in [3.8, 4) is 5.69 Å². The van der Waals surface area contributed by atoms with Gasteiger partial charge in [0.05, 0.1) is 11.1 Å². The Bertz CT molecular complexity index is 1050. The van der Waals surface area contributed by atoms with Crippen molar-refractivity contribution in [1.29, 1.82) is 0 Å². The second-order valence-corrected chi connectivity index (χ2v) is 7.23. The number of fused-ring (bicyclic) bond motifs is 1. The molecule has 1 aromatic heterocycles. The van der Waals surface area contributed by atoms with Crippen LogP contribution in [0.15, 0.2) is 47.3 Å². The lowest BCUT2D eigenvalue weighted by Gasteiger charge is -2.21. The molecule has 2 aromatic carbocycles. The second kappa shape index (κ2) is 8.00. The molecular weight excluding hydrogens is 387 g/mol. The minimum Gasteiger partial charge on any atom is -0.313 e. The molecule has 0 bridgehead atoms. The number of nitrogens with zero attached hydrogens (tertiary/aromatic N) is 1. The van der Waals surface area contributed by atoms with Gasteiger partial charge in [0.15, 0.2) is 5.43 Å². The largest absolute Gasteiger partial charge is 0.416 e. The third-order valence-electron chi connectivity index (χ3n) is 4.78. The first kappa shape index (κ1) is 20.5. The molecule has 0 spiro atoms. The topological polar surface area (TPSA) is 22.0 Å². The molecule has 3 aromatic rings. The summed E-state index contributed by atoms with van der Waals surface area (Å²) >= 11 is 6.18. The smallest absolute Gasteiger partial charge is 0.313 e. The van der Waals surface area contributed by atoms with Crippen LogP contribution in [0, 0.1) is 0 Å². The van der Waals surface area contributed by atoms with E-state index in [1.807, 2.05) is 18.4 Å². The van der Waals surface area contributed by atoms with E-state index in [-0.39, 0.29) is 5.43 Å². The van der Waals surface area contributed by atoms with Crippen LogP contribution in [0.2, 0.25) is 5.02 Å². The van der Waals surface area contributed by atoms with Crippen molar-refractivity contribution in [2.45, 2.75) is 45.7 Å². The van der Waals surface area contributed by atoms with Crippen LogP contribution in [0.1, 0.15) is 43.5 Å². The Kier molecular flexibility index (Phi) is 5.84. The van der Waals surface area contributed by atoms with E-state index in [1.165, 1.54) is 12.1 Å². The summed E-state index contributed by atoms with van der Waals surface area (Å²) in [4.78, 5) is 13.1. The van der Waals surface area contributed by atoms with Crippen LogP contribution in [0.5, 0.6) is 0 Å². The second-order valence-electron chi connectivity index (χ2n) is 6.80. The summed E-state index contributed by atoms with van der Waals surface area (Å²) in [5, 5.41) is 0.992. The van der Waals surface area contributed by atoms with E-state index in [0.29, 0.717) is 34.5 Å². The quantitative estimate of drug-likeness (QED) is 0.469. The fraction of sp³-hybridized carbons (Fsp3) is 0.318. The molecule has 0 radical (unpaired) electrons. The molecule has 2 nitrogen and oxygen atoms in total. The number of halogens is 4. The number of aromatic nitrogens is 1. The van der Waals surface area contributed by atoms with Gasteiger partial charge >= 0.3 is 6.18 Å². The normalized spacial score (nSPS) is 11.9. The highest BCUT2D eigenvalue weighted by Gasteiger charge is 2.30. The predicted molar refractivity (Wildman–Crippen MR) is 108 cm³/mol. The molecule has 3 rings (SSSR count). The lowest BCUT2D eigenvalue weighted by molar-refractivity contribution is -0.137. The Labute approximate surface area is 166 Å². The number of pyridine rings is 1. The van der Waals surface area contributed by atoms with E-state index in [0.717, 1.165) is 36.2 Å². The van der Waals surface area contributed by atoms with Gasteiger partial charge in [-0.15, -0.1) is 0 Å². The first-order chi connectivity index (χ1) is 13.3. The third kappa shape index (κ3) is 3.81. The van der Waals surface area contributed by atoms with Gasteiger partial charge in [0, 0.05) is 27.4 Å². The Morgan fingerprint density at radius 1 is 0.964 bits per heavy atom. The predicted octanol–water partition coefficient (Wildman–Crippen LogP) is 6.57. The Morgan fingerprint density at radius 3 is 2.18 bits per heavy atom. The van der Waals surface area contributed by atoms with Gasteiger partial charge in [-0.05, 0) is 55.3 Å². The summed E-state index contributed by atoms with van der Waals surface area (Å²) in [6.45, 7) is 4.02. The lowest BCUT2D eigenvalue weighted by Crippen LogP contribution is -2.20. The van der Waals surface area contributed by atoms with E-state index >= 15 is 0 Å². The molecule has 1 heterocycles. The molecule has 0 aliphatic heterocycles. The highest BCUT2D eigenvalue weighted by atomic mass is 35.5. The average Bonchev–Trinajstić information content (AvgIpc) is 2.64.